The first-order chi connectivity index (χ1) is 12.1. The highest BCUT2D eigenvalue weighted by Gasteiger charge is 2.14. The number of nitrogens with one attached hydrogen (secondary N) is 2. The van der Waals surface area contributed by atoms with Gasteiger partial charge in [0.05, 0.1) is 10.7 Å². The molecule has 2 rings (SSSR count). The number of guanidine groups is 1. The number of hydrogen-bond acceptors (Lipinski definition) is 4. The zero-order valence-corrected chi connectivity index (χ0v) is 17.2. The normalized spacial score (nSPS) is 17.0. The van der Waals surface area contributed by atoms with Gasteiger partial charge < -0.3 is 15.5 Å². The van der Waals surface area contributed by atoms with E-state index in [-0.39, 0.29) is 0 Å². The van der Waals surface area contributed by atoms with Gasteiger partial charge in [0.1, 0.15) is 0 Å². The molecular formula is C19H35N5S. The molecule has 1 aromatic heterocycles. The molecule has 0 bridgehead atoms. The van der Waals surface area contributed by atoms with E-state index in [4.69, 9.17) is 0 Å². The Balaban J connectivity index is 1.53. The summed E-state index contributed by atoms with van der Waals surface area (Å²) in [5.74, 6) is 1.82. The van der Waals surface area contributed by atoms with Crippen LogP contribution in [0.15, 0.2) is 4.99 Å². The molecule has 142 valence electrons. The Morgan fingerprint density at radius 2 is 1.92 bits per heavy atom. The Morgan fingerprint density at radius 3 is 2.56 bits per heavy atom. The molecular weight excluding hydrogens is 330 g/mol. The van der Waals surface area contributed by atoms with Crippen molar-refractivity contribution in [3.05, 3.63) is 15.6 Å². The minimum atomic E-state index is 0.873. The first kappa shape index (κ1) is 20.2. The summed E-state index contributed by atoms with van der Waals surface area (Å²) >= 11 is 1.80. The van der Waals surface area contributed by atoms with Crippen molar-refractivity contribution in [2.24, 2.45) is 10.9 Å². The lowest BCUT2D eigenvalue weighted by molar-refractivity contribution is 0.189. The lowest BCUT2D eigenvalue weighted by Gasteiger charge is -2.30. The standard InChI is InChI=1S/C19H35N5S/c1-15-8-13-24(14-9-15)12-6-5-10-21-19(20-4)22-11-7-18-23-16(2)17(3)25-18/h15H,5-14H2,1-4H3,(H2,20,21,22). The van der Waals surface area contributed by atoms with Gasteiger partial charge in [-0.1, -0.05) is 6.92 Å². The van der Waals surface area contributed by atoms with E-state index in [1.165, 1.54) is 55.2 Å². The Bertz CT molecular complexity index is 512. The first-order valence-electron chi connectivity index (χ1n) is 9.68. The summed E-state index contributed by atoms with van der Waals surface area (Å²) in [6.07, 6.45) is 6.14. The van der Waals surface area contributed by atoms with E-state index in [0.29, 0.717) is 0 Å². The zero-order valence-electron chi connectivity index (χ0n) is 16.4. The summed E-state index contributed by atoms with van der Waals surface area (Å²) in [5, 5.41) is 8.01. The lowest BCUT2D eigenvalue weighted by Crippen LogP contribution is -2.39. The number of aromatic nitrogens is 1. The fraction of sp³-hybridized carbons (Fsp3) is 0.789. The van der Waals surface area contributed by atoms with Crippen LogP contribution >= 0.6 is 11.3 Å². The van der Waals surface area contributed by atoms with Gasteiger partial charge in [0, 0.05) is 31.4 Å². The van der Waals surface area contributed by atoms with Crippen molar-refractivity contribution in [3.63, 3.8) is 0 Å². The Hall–Kier alpha value is -1.14. The summed E-state index contributed by atoms with van der Waals surface area (Å²) in [4.78, 5) is 12.8. The molecule has 0 unspecified atom stereocenters. The second kappa shape index (κ2) is 10.8. The van der Waals surface area contributed by atoms with E-state index < -0.39 is 0 Å². The largest absolute Gasteiger partial charge is 0.356 e. The van der Waals surface area contributed by atoms with Crippen LogP contribution in [0.5, 0.6) is 0 Å². The third-order valence-electron chi connectivity index (χ3n) is 5.00. The first-order valence-corrected chi connectivity index (χ1v) is 10.5. The van der Waals surface area contributed by atoms with Gasteiger partial charge in [-0.05, 0) is 65.1 Å². The Labute approximate surface area is 157 Å². The van der Waals surface area contributed by atoms with Gasteiger partial charge in [-0.3, -0.25) is 4.99 Å². The molecule has 1 aliphatic rings. The number of thiazole rings is 1. The van der Waals surface area contributed by atoms with Crippen LogP contribution in [-0.4, -0.2) is 55.6 Å². The van der Waals surface area contributed by atoms with Crippen LogP contribution < -0.4 is 10.6 Å². The van der Waals surface area contributed by atoms with Crippen LogP contribution in [0.2, 0.25) is 0 Å². The van der Waals surface area contributed by atoms with E-state index in [0.717, 1.165) is 37.1 Å². The average molecular weight is 366 g/mol. The molecule has 0 amide bonds. The topological polar surface area (TPSA) is 52.6 Å². The van der Waals surface area contributed by atoms with Crippen molar-refractivity contribution < 1.29 is 0 Å². The molecule has 0 spiro atoms. The number of aliphatic imine (C=N–C) groups is 1. The fourth-order valence-corrected chi connectivity index (χ4v) is 4.04. The second-order valence-corrected chi connectivity index (χ2v) is 8.44. The molecule has 0 aromatic carbocycles. The van der Waals surface area contributed by atoms with Crippen LogP contribution in [0.4, 0.5) is 0 Å². The van der Waals surface area contributed by atoms with Crippen molar-refractivity contribution in [1.29, 1.82) is 0 Å². The number of piperidine rings is 1. The summed E-state index contributed by atoms with van der Waals surface area (Å²) in [6, 6.07) is 0. The maximum atomic E-state index is 4.58. The highest BCUT2D eigenvalue weighted by atomic mass is 32.1. The van der Waals surface area contributed by atoms with Crippen molar-refractivity contribution in [3.8, 4) is 0 Å². The van der Waals surface area contributed by atoms with E-state index >= 15 is 0 Å². The zero-order chi connectivity index (χ0) is 18.1. The number of aryl methyl sites for hydroxylation is 2. The predicted molar refractivity (Wildman–Crippen MR) is 109 cm³/mol. The quantitative estimate of drug-likeness (QED) is 0.422. The fourth-order valence-electron chi connectivity index (χ4n) is 3.11. The van der Waals surface area contributed by atoms with Crippen LogP contribution in [0.3, 0.4) is 0 Å². The molecule has 25 heavy (non-hydrogen) atoms. The van der Waals surface area contributed by atoms with Crippen LogP contribution in [0.1, 0.15) is 48.2 Å². The maximum Gasteiger partial charge on any atom is 0.190 e. The van der Waals surface area contributed by atoms with Crippen LogP contribution in [0.25, 0.3) is 0 Å². The Kier molecular flexibility index (Phi) is 8.68. The van der Waals surface area contributed by atoms with Gasteiger partial charge in [0.2, 0.25) is 0 Å². The Morgan fingerprint density at radius 1 is 1.20 bits per heavy atom. The van der Waals surface area contributed by atoms with Crippen molar-refractivity contribution >= 4 is 17.3 Å². The van der Waals surface area contributed by atoms with E-state index in [1.54, 1.807) is 11.3 Å². The van der Waals surface area contributed by atoms with E-state index in [9.17, 15) is 0 Å². The molecule has 1 aromatic rings. The molecule has 2 N–H and O–H groups in total. The summed E-state index contributed by atoms with van der Waals surface area (Å²) in [7, 11) is 1.84. The van der Waals surface area contributed by atoms with Crippen LogP contribution in [-0.2, 0) is 6.42 Å². The number of rotatable bonds is 8. The maximum absolute atomic E-state index is 4.58. The third-order valence-corrected chi connectivity index (χ3v) is 6.13. The monoisotopic (exact) mass is 365 g/mol. The van der Waals surface area contributed by atoms with Crippen molar-refractivity contribution in [2.75, 3.05) is 39.8 Å². The highest BCUT2D eigenvalue weighted by molar-refractivity contribution is 7.11. The molecule has 0 aliphatic carbocycles. The van der Waals surface area contributed by atoms with Gasteiger partial charge in [0.15, 0.2) is 5.96 Å². The molecule has 1 saturated heterocycles. The minimum Gasteiger partial charge on any atom is -0.356 e. The third kappa shape index (κ3) is 7.32. The molecule has 1 fully saturated rings. The lowest BCUT2D eigenvalue weighted by atomic mass is 9.99. The van der Waals surface area contributed by atoms with Crippen LogP contribution in [0, 0.1) is 19.8 Å². The molecule has 0 radical (unpaired) electrons. The number of nitrogens with zero attached hydrogens (tertiary/aromatic N) is 3. The summed E-state index contributed by atoms with van der Waals surface area (Å²) in [5.41, 5.74) is 1.16. The molecule has 1 aliphatic heterocycles. The van der Waals surface area contributed by atoms with Crippen molar-refractivity contribution in [2.45, 2.75) is 52.9 Å². The summed E-state index contributed by atoms with van der Waals surface area (Å²) < 4.78 is 0. The van der Waals surface area contributed by atoms with E-state index in [2.05, 4.69) is 46.3 Å². The second-order valence-electron chi connectivity index (χ2n) is 7.16. The molecule has 0 saturated carbocycles. The van der Waals surface area contributed by atoms with Gasteiger partial charge in [-0.2, -0.15) is 0 Å². The number of hydrogen-bond donors (Lipinski definition) is 2. The molecule has 5 nitrogen and oxygen atoms in total. The summed E-state index contributed by atoms with van der Waals surface area (Å²) in [6.45, 7) is 12.3. The number of unbranched alkanes of at least 4 members (excludes halogenated alkanes) is 1. The van der Waals surface area contributed by atoms with Crippen molar-refractivity contribution in [1.82, 2.24) is 20.5 Å². The smallest absolute Gasteiger partial charge is 0.190 e. The van der Waals surface area contributed by atoms with Gasteiger partial charge >= 0.3 is 0 Å². The van der Waals surface area contributed by atoms with Gasteiger partial charge in [-0.25, -0.2) is 4.98 Å². The predicted octanol–water partition coefficient (Wildman–Crippen LogP) is 2.98. The molecule has 2 heterocycles. The number of likely N-dealkylation sites (tertiary alicyclic amines) is 1. The van der Waals surface area contributed by atoms with Gasteiger partial charge in [-0.15, -0.1) is 11.3 Å². The SMILES string of the molecule is CN=C(NCCCCN1CCC(C)CC1)NCCc1nc(C)c(C)s1. The minimum absolute atomic E-state index is 0.873. The molecule has 0 atom stereocenters. The average Bonchev–Trinajstić information content (AvgIpc) is 2.92. The highest BCUT2D eigenvalue weighted by Crippen LogP contribution is 2.17. The van der Waals surface area contributed by atoms with E-state index in [1.807, 2.05) is 7.05 Å². The van der Waals surface area contributed by atoms with Gasteiger partial charge in [0.25, 0.3) is 0 Å². The molecule has 6 heteroatoms.